The third-order valence-corrected chi connectivity index (χ3v) is 7.43. The number of anilines is 1. The Hall–Kier alpha value is -3.88. The number of carbonyl (C=O) groups is 1. The predicted molar refractivity (Wildman–Crippen MR) is 167 cm³/mol. The first-order chi connectivity index (χ1) is 19.5. The van der Waals surface area contributed by atoms with Gasteiger partial charge >= 0.3 is 5.91 Å². The fourth-order valence-corrected chi connectivity index (χ4v) is 4.89. The number of hydrogen-bond acceptors (Lipinski definition) is 5. The summed E-state index contributed by atoms with van der Waals surface area (Å²) in [6.45, 7) is 3.55. The van der Waals surface area contributed by atoms with Crippen LogP contribution in [0.4, 0.5) is 5.69 Å². The van der Waals surface area contributed by atoms with Crippen LogP contribution in [0.2, 0.25) is 5.02 Å². The number of nitrogens with zero attached hydrogens (tertiary/aromatic N) is 3. The molecule has 0 bridgehead atoms. The van der Waals surface area contributed by atoms with Crippen molar-refractivity contribution < 1.29 is 9.21 Å². The van der Waals surface area contributed by atoms with E-state index in [1.807, 2.05) is 91.9 Å². The van der Waals surface area contributed by atoms with E-state index in [4.69, 9.17) is 21.1 Å². The Bertz CT molecular complexity index is 1570. The van der Waals surface area contributed by atoms with Crippen molar-refractivity contribution >= 4 is 67.7 Å². The van der Waals surface area contributed by atoms with Crippen LogP contribution in [0.3, 0.4) is 0 Å². The summed E-state index contributed by atoms with van der Waals surface area (Å²) in [5.74, 6) is 0.440. The van der Waals surface area contributed by atoms with E-state index < -0.39 is 5.91 Å². The van der Waals surface area contributed by atoms with Crippen molar-refractivity contribution in [3.05, 3.63) is 105 Å². The van der Waals surface area contributed by atoms with Crippen molar-refractivity contribution in [2.24, 2.45) is 10.2 Å². The smallest absolute Gasteiger partial charge is 0.307 e. The molecule has 0 radical (unpaired) electrons. The molecule has 9 heteroatoms. The Morgan fingerprint density at radius 2 is 1.70 bits per heavy atom. The first-order valence-electron chi connectivity index (χ1n) is 13.1. The molecule has 1 aromatic heterocycles. The third kappa shape index (κ3) is 6.81. The Morgan fingerprint density at radius 1 is 0.975 bits per heavy atom. The molecule has 3 aromatic carbocycles. The van der Waals surface area contributed by atoms with Gasteiger partial charge in [0.05, 0.1) is 5.69 Å². The molecular weight excluding hydrogens is 590 g/mol. The number of aryl methyl sites for hydroxylation is 1. The van der Waals surface area contributed by atoms with Crippen molar-refractivity contribution in [1.29, 1.82) is 0 Å². The fraction of sp³-hybridized carbons (Fsp3) is 0.194. The van der Waals surface area contributed by atoms with Crippen molar-refractivity contribution in [1.82, 2.24) is 10.3 Å². The maximum atomic E-state index is 13.2. The van der Waals surface area contributed by atoms with Crippen molar-refractivity contribution in [3.8, 4) is 0 Å². The maximum Gasteiger partial charge on any atom is 0.307 e. The van der Waals surface area contributed by atoms with Crippen LogP contribution in [0.15, 0.2) is 98.0 Å². The second-order valence-electron chi connectivity index (χ2n) is 9.48. The number of furan rings is 1. The van der Waals surface area contributed by atoms with Gasteiger partial charge in [-0.3, -0.25) is 10.2 Å². The number of amides is 1. The van der Waals surface area contributed by atoms with E-state index in [1.165, 1.54) is 6.42 Å². The molecule has 1 fully saturated rings. The highest BCUT2D eigenvalue weighted by Crippen LogP contribution is 2.25. The minimum absolute atomic E-state index is 0.232. The Labute approximate surface area is 246 Å². The number of carbonyl (C=O) groups excluding carboxylic acids is 1. The zero-order valence-corrected chi connectivity index (χ0v) is 24.4. The topological polar surface area (TPSA) is 82.2 Å². The highest BCUT2D eigenvalue weighted by atomic mass is 79.9. The van der Waals surface area contributed by atoms with Gasteiger partial charge in [-0.2, -0.15) is 10.2 Å². The molecule has 2 heterocycles. The highest BCUT2D eigenvalue weighted by molar-refractivity contribution is 9.10. The largest absolute Gasteiger partial charge is 0.451 e. The van der Waals surface area contributed by atoms with Gasteiger partial charge in [-0.25, -0.2) is 5.43 Å². The van der Waals surface area contributed by atoms with Crippen molar-refractivity contribution in [2.45, 2.75) is 26.2 Å². The van der Waals surface area contributed by atoms with E-state index in [0.717, 1.165) is 52.6 Å². The quantitative estimate of drug-likeness (QED) is 0.125. The average molecular weight is 619 g/mol. The van der Waals surface area contributed by atoms with Crippen LogP contribution in [0.5, 0.6) is 0 Å². The standard InChI is InChI=1S/C31H29BrClN5O2/c1-21-26-7-3-4-8-28(26)40-29(21)31(39)37-35-27(18-11-22-9-14-24(33)15-10-22)30(38-19-5-2-6-20-38)36-34-25-16-12-23(32)13-17-25/h3-4,7-18,34H,2,5-6,19-20H2,1H3,(H,37,39)/b18-11+,35-27-,36-30+. The van der Waals surface area contributed by atoms with Gasteiger partial charge in [-0.1, -0.05) is 63.9 Å². The van der Waals surface area contributed by atoms with Crippen LogP contribution in [-0.4, -0.2) is 35.4 Å². The summed E-state index contributed by atoms with van der Waals surface area (Å²) < 4.78 is 6.84. The zero-order valence-electron chi connectivity index (χ0n) is 22.0. The molecule has 0 atom stereocenters. The van der Waals surface area contributed by atoms with E-state index in [-0.39, 0.29) is 5.76 Å². The van der Waals surface area contributed by atoms with E-state index in [1.54, 1.807) is 0 Å². The zero-order chi connectivity index (χ0) is 27.9. The van der Waals surface area contributed by atoms with Crippen molar-refractivity contribution in [2.75, 3.05) is 18.5 Å². The number of likely N-dealkylation sites (tertiary alicyclic amines) is 1. The molecule has 1 aliphatic rings. The minimum Gasteiger partial charge on any atom is -0.451 e. The van der Waals surface area contributed by atoms with Gasteiger partial charge in [0, 0.05) is 33.5 Å². The van der Waals surface area contributed by atoms with Crippen molar-refractivity contribution in [3.63, 3.8) is 0 Å². The number of hydrazone groups is 2. The van der Waals surface area contributed by atoms with E-state index in [0.29, 0.717) is 22.2 Å². The number of piperidine rings is 1. The summed E-state index contributed by atoms with van der Waals surface area (Å²) in [6.07, 6.45) is 7.05. The summed E-state index contributed by atoms with van der Waals surface area (Å²) in [7, 11) is 0. The molecule has 0 saturated carbocycles. The van der Waals surface area contributed by atoms with Gasteiger partial charge in [0.15, 0.2) is 11.6 Å². The lowest BCUT2D eigenvalue weighted by atomic mass is 10.1. The van der Waals surface area contributed by atoms with Crippen LogP contribution < -0.4 is 10.9 Å². The molecule has 1 aliphatic heterocycles. The fourth-order valence-electron chi connectivity index (χ4n) is 4.50. The van der Waals surface area contributed by atoms with E-state index in [2.05, 4.69) is 36.8 Å². The van der Waals surface area contributed by atoms with Gasteiger partial charge in [-0.15, -0.1) is 0 Å². The maximum absolute atomic E-state index is 13.2. The molecular formula is C31H29BrClN5O2. The first-order valence-corrected chi connectivity index (χ1v) is 14.3. The summed E-state index contributed by atoms with van der Waals surface area (Å²) in [6, 6.07) is 22.9. The summed E-state index contributed by atoms with van der Waals surface area (Å²) in [5.41, 5.74) is 9.58. The second kappa shape index (κ2) is 13.0. The van der Waals surface area contributed by atoms with Crippen LogP contribution in [0.1, 0.15) is 40.9 Å². The number of rotatable bonds is 7. The summed E-state index contributed by atoms with van der Waals surface area (Å²) in [4.78, 5) is 15.4. The molecule has 204 valence electrons. The molecule has 2 N–H and O–H groups in total. The van der Waals surface area contributed by atoms with Gasteiger partial charge in [-0.05, 0) is 80.3 Å². The number of fused-ring (bicyclic) bond motifs is 1. The van der Waals surface area contributed by atoms with Gasteiger partial charge in [0.25, 0.3) is 0 Å². The molecule has 4 aromatic rings. The van der Waals surface area contributed by atoms with E-state index in [9.17, 15) is 4.79 Å². The molecule has 5 rings (SSSR count). The van der Waals surface area contributed by atoms with Gasteiger partial charge in [0.2, 0.25) is 0 Å². The Morgan fingerprint density at radius 3 is 2.42 bits per heavy atom. The predicted octanol–water partition coefficient (Wildman–Crippen LogP) is 7.87. The number of halogens is 2. The van der Waals surface area contributed by atoms with Crippen LogP contribution in [0.25, 0.3) is 17.0 Å². The number of nitrogens with one attached hydrogen (secondary N) is 2. The highest BCUT2D eigenvalue weighted by Gasteiger charge is 2.21. The van der Waals surface area contributed by atoms with E-state index >= 15 is 0 Å². The normalized spacial score (nSPS) is 14.6. The SMILES string of the molecule is Cc1c(C(=O)N/N=C(/C=C/c2ccc(Cl)cc2)C(=N/Nc2ccc(Br)cc2)\N2CCCCC2)oc2ccccc12. The third-order valence-electron chi connectivity index (χ3n) is 6.65. The molecule has 1 saturated heterocycles. The lowest BCUT2D eigenvalue weighted by Gasteiger charge is -2.29. The Kier molecular flexibility index (Phi) is 8.98. The number of amidine groups is 1. The molecule has 7 nitrogen and oxygen atoms in total. The number of para-hydroxylation sites is 1. The lowest BCUT2D eigenvalue weighted by Crippen LogP contribution is -2.41. The minimum atomic E-state index is -0.426. The molecule has 1 amide bonds. The molecule has 40 heavy (non-hydrogen) atoms. The van der Waals surface area contributed by atoms with Crippen LogP contribution in [0, 0.1) is 6.92 Å². The summed E-state index contributed by atoms with van der Waals surface area (Å²) in [5, 5.41) is 10.9. The monoisotopic (exact) mass is 617 g/mol. The van der Waals surface area contributed by atoms with Gasteiger partial charge < -0.3 is 9.32 Å². The van der Waals surface area contributed by atoms with Crippen LogP contribution in [-0.2, 0) is 0 Å². The summed E-state index contributed by atoms with van der Waals surface area (Å²) >= 11 is 9.55. The molecule has 0 spiro atoms. The number of benzene rings is 3. The average Bonchev–Trinajstić information content (AvgIpc) is 3.32. The molecule has 0 aliphatic carbocycles. The number of hydrogen-bond donors (Lipinski definition) is 2. The lowest BCUT2D eigenvalue weighted by molar-refractivity contribution is 0.0928. The Balaban J connectivity index is 1.50. The molecule has 0 unspecified atom stereocenters. The second-order valence-corrected chi connectivity index (χ2v) is 10.8. The first kappa shape index (κ1) is 27.7. The van der Waals surface area contributed by atoms with Gasteiger partial charge in [0.1, 0.15) is 11.3 Å². The van der Waals surface area contributed by atoms with Crippen LogP contribution >= 0.6 is 27.5 Å².